The molecule has 1 saturated heterocycles. The number of anilines is 1. The molecule has 6 heteroatoms. The number of rotatable bonds is 3. The van der Waals surface area contributed by atoms with Crippen molar-refractivity contribution in [2.45, 2.75) is 18.9 Å². The van der Waals surface area contributed by atoms with Crippen molar-refractivity contribution >= 4 is 23.1 Å². The lowest BCUT2D eigenvalue weighted by Gasteiger charge is -2.34. The summed E-state index contributed by atoms with van der Waals surface area (Å²) in [5, 5.41) is 12.2. The Morgan fingerprint density at radius 2 is 2.37 bits per heavy atom. The van der Waals surface area contributed by atoms with E-state index < -0.39 is 0 Å². The number of nitrogens with two attached hydrogens (primary N) is 1. The molecule has 5 nitrogen and oxygen atoms in total. The first-order chi connectivity index (χ1) is 9.15. The summed E-state index contributed by atoms with van der Waals surface area (Å²) < 4.78 is 5.41. The molecule has 1 heterocycles. The minimum atomic E-state index is 0.0573. The van der Waals surface area contributed by atoms with Gasteiger partial charge in [-0.3, -0.25) is 0 Å². The van der Waals surface area contributed by atoms with E-state index in [1.807, 2.05) is 6.07 Å². The lowest BCUT2D eigenvalue weighted by Crippen LogP contribution is -2.39. The van der Waals surface area contributed by atoms with Gasteiger partial charge in [0.15, 0.2) is 5.84 Å². The number of oxime groups is 1. The van der Waals surface area contributed by atoms with Crippen molar-refractivity contribution in [3.05, 3.63) is 28.8 Å². The van der Waals surface area contributed by atoms with Gasteiger partial charge in [-0.25, -0.2) is 0 Å². The van der Waals surface area contributed by atoms with Crippen LogP contribution in [0.5, 0.6) is 0 Å². The first-order valence-electron chi connectivity index (χ1n) is 6.21. The van der Waals surface area contributed by atoms with Gasteiger partial charge < -0.3 is 20.6 Å². The molecule has 0 aliphatic carbocycles. The SMILES string of the molecule is COC1CCCN(c2ccc(/C(N)=N/O)cc2Cl)C1. The van der Waals surface area contributed by atoms with Crippen molar-refractivity contribution in [1.29, 1.82) is 0 Å². The third kappa shape index (κ3) is 3.11. The fourth-order valence-corrected chi connectivity index (χ4v) is 2.63. The summed E-state index contributed by atoms with van der Waals surface area (Å²) in [6.45, 7) is 1.79. The van der Waals surface area contributed by atoms with Gasteiger partial charge in [0.1, 0.15) is 0 Å². The molecule has 104 valence electrons. The van der Waals surface area contributed by atoms with Crippen molar-refractivity contribution in [3.63, 3.8) is 0 Å². The highest BCUT2D eigenvalue weighted by Crippen LogP contribution is 2.29. The zero-order valence-electron chi connectivity index (χ0n) is 10.8. The third-order valence-corrected chi connectivity index (χ3v) is 3.71. The first-order valence-corrected chi connectivity index (χ1v) is 6.58. The van der Waals surface area contributed by atoms with Gasteiger partial charge in [0, 0.05) is 25.8 Å². The van der Waals surface area contributed by atoms with Crippen LogP contribution in [0, 0.1) is 0 Å². The highest BCUT2D eigenvalue weighted by molar-refractivity contribution is 6.33. The average molecular weight is 284 g/mol. The Hall–Kier alpha value is -1.46. The van der Waals surface area contributed by atoms with Crippen LogP contribution in [-0.2, 0) is 4.74 Å². The molecule has 0 aromatic heterocycles. The molecule has 3 N–H and O–H groups in total. The Morgan fingerprint density at radius 3 is 3.00 bits per heavy atom. The van der Waals surface area contributed by atoms with Gasteiger partial charge in [0.25, 0.3) is 0 Å². The van der Waals surface area contributed by atoms with E-state index in [9.17, 15) is 0 Å². The van der Waals surface area contributed by atoms with Crippen molar-refractivity contribution in [2.24, 2.45) is 10.9 Å². The van der Waals surface area contributed by atoms with E-state index in [2.05, 4.69) is 10.1 Å². The van der Waals surface area contributed by atoms with Crippen molar-refractivity contribution in [2.75, 3.05) is 25.1 Å². The summed E-state index contributed by atoms with van der Waals surface area (Å²) in [6, 6.07) is 5.41. The predicted octanol–water partition coefficient (Wildman–Crippen LogP) is 2.05. The van der Waals surface area contributed by atoms with Crippen LogP contribution in [0.25, 0.3) is 0 Å². The Morgan fingerprint density at radius 1 is 1.58 bits per heavy atom. The molecule has 19 heavy (non-hydrogen) atoms. The molecule has 1 aliphatic rings. The van der Waals surface area contributed by atoms with Crippen LogP contribution in [0.1, 0.15) is 18.4 Å². The number of hydrogen-bond acceptors (Lipinski definition) is 4. The fraction of sp³-hybridized carbons (Fsp3) is 0.462. The van der Waals surface area contributed by atoms with E-state index in [-0.39, 0.29) is 11.9 Å². The van der Waals surface area contributed by atoms with Crippen LogP contribution in [0.15, 0.2) is 23.4 Å². The first kappa shape index (κ1) is 14.0. The molecular weight excluding hydrogens is 266 g/mol. The van der Waals surface area contributed by atoms with Crippen LogP contribution in [-0.4, -0.2) is 37.3 Å². The second-order valence-electron chi connectivity index (χ2n) is 4.60. The molecule has 0 spiro atoms. The summed E-state index contributed by atoms with van der Waals surface area (Å²) in [5.74, 6) is 0.0573. The minimum absolute atomic E-state index is 0.0573. The standard InChI is InChI=1S/C13H18ClN3O2/c1-19-10-3-2-6-17(8-10)12-5-4-9(7-11(12)14)13(15)16-18/h4-5,7,10,18H,2-3,6,8H2,1H3,(H2,15,16). The molecule has 0 bridgehead atoms. The second-order valence-corrected chi connectivity index (χ2v) is 5.00. The average Bonchev–Trinajstić information content (AvgIpc) is 2.46. The molecule has 2 rings (SSSR count). The molecule has 0 radical (unpaired) electrons. The van der Waals surface area contributed by atoms with E-state index in [1.165, 1.54) is 0 Å². The van der Waals surface area contributed by atoms with E-state index in [4.69, 9.17) is 27.3 Å². The number of hydrogen-bond donors (Lipinski definition) is 2. The molecule has 1 aromatic rings. The quantitative estimate of drug-likeness (QED) is 0.385. The largest absolute Gasteiger partial charge is 0.409 e. The maximum Gasteiger partial charge on any atom is 0.170 e. The van der Waals surface area contributed by atoms with Crippen LogP contribution in [0.2, 0.25) is 5.02 Å². The summed E-state index contributed by atoms with van der Waals surface area (Å²) in [6.07, 6.45) is 2.40. The van der Waals surface area contributed by atoms with Gasteiger partial charge in [0.2, 0.25) is 0 Å². The van der Waals surface area contributed by atoms with E-state index >= 15 is 0 Å². The summed E-state index contributed by atoms with van der Waals surface area (Å²) in [7, 11) is 1.73. The highest BCUT2D eigenvalue weighted by Gasteiger charge is 2.21. The molecule has 0 amide bonds. The number of halogens is 1. The zero-order valence-corrected chi connectivity index (χ0v) is 11.6. The number of benzene rings is 1. The Balaban J connectivity index is 2.21. The van der Waals surface area contributed by atoms with Crippen LogP contribution in [0.4, 0.5) is 5.69 Å². The van der Waals surface area contributed by atoms with Crippen LogP contribution >= 0.6 is 11.6 Å². The predicted molar refractivity (Wildman–Crippen MR) is 76.2 cm³/mol. The molecule has 1 fully saturated rings. The normalized spacial score (nSPS) is 20.6. The topological polar surface area (TPSA) is 71.1 Å². The van der Waals surface area contributed by atoms with Gasteiger partial charge in [0.05, 0.1) is 16.8 Å². The van der Waals surface area contributed by atoms with Crippen LogP contribution in [0.3, 0.4) is 0 Å². The van der Waals surface area contributed by atoms with Crippen molar-refractivity contribution < 1.29 is 9.94 Å². The second kappa shape index (κ2) is 6.12. The monoisotopic (exact) mass is 283 g/mol. The molecule has 1 aromatic carbocycles. The third-order valence-electron chi connectivity index (χ3n) is 3.40. The van der Waals surface area contributed by atoms with Crippen LogP contribution < -0.4 is 10.6 Å². The number of nitrogens with zero attached hydrogens (tertiary/aromatic N) is 2. The van der Waals surface area contributed by atoms with Gasteiger partial charge in [-0.1, -0.05) is 16.8 Å². The lowest BCUT2D eigenvalue weighted by molar-refractivity contribution is 0.0893. The summed E-state index contributed by atoms with van der Waals surface area (Å²) in [5.41, 5.74) is 7.11. The summed E-state index contributed by atoms with van der Waals surface area (Å²) in [4.78, 5) is 2.20. The Bertz CT molecular complexity index is 479. The van der Waals surface area contributed by atoms with E-state index in [0.29, 0.717) is 10.6 Å². The number of ether oxygens (including phenoxy) is 1. The lowest BCUT2D eigenvalue weighted by atomic mass is 10.1. The maximum absolute atomic E-state index is 8.66. The number of amidine groups is 1. The highest BCUT2D eigenvalue weighted by atomic mass is 35.5. The van der Waals surface area contributed by atoms with Crippen molar-refractivity contribution in [3.8, 4) is 0 Å². The van der Waals surface area contributed by atoms with Gasteiger partial charge in [-0.05, 0) is 31.0 Å². The Kier molecular flexibility index (Phi) is 4.50. The van der Waals surface area contributed by atoms with E-state index in [1.54, 1.807) is 19.2 Å². The van der Waals surface area contributed by atoms with Gasteiger partial charge >= 0.3 is 0 Å². The smallest absolute Gasteiger partial charge is 0.170 e. The number of piperidine rings is 1. The fourth-order valence-electron chi connectivity index (χ4n) is 2.33. The minimum Gasteiger partial charge on any atom is -0.409 e. The summed E-state index contributed by atoms with van der Waals surface area (Å²) >= 11 is 6.28. The molecule has 1 aliphatic heterocycles. The Labute approximate surface area is 117 Å². The maximum atomic E-state index is 8.66. The van der Waals surface area contributed by atoms with Gasteiger partial charge in [-0.15, -0.1) is 0 Å². The molecular formula is C13H18ClN3O2. The van der Waals surface area contributed by atoms with E-state index in [0.717, 1.165) is 31.6 Å². The van der Waals surface area contributed by atoms with Crippen molar-refractivity contribution in [1.82, 2.24) is 0 Å². The van der Waals surface area contributed by atoms with Gasteiger partial charge in [-0.2, -0.15) is 0 Å². The molecule has 0 saturated carbocycles. The number of methoxy groups -OCH3 is 1. The molecule has 1 unspecified atom stereocenters. The zero-order chi connectivity index (χ0) is 13.8. The molecule has 1 atom stereocenters.